The van der Waals surface area contributed by atoms with Crippen molar-refractivity contribution in [2.75, 3.05) is 10.6 Å². The number of rotatable bonds is 7. The van der Waals surface area contributed by atoms with Gasteiger partial charge in [0, 0.05) is 31.0 Å². The van der Waals surface area contributed by atoms with Crippen LogP contribution < -0.4 is 10.6 Å². The number of halogens is 2. The number of nitrogens with zero attached hydrogens (tertiary/aromatic N) is 4. The van der Waals surface area contributed by atoms with E-state index in [1.165, 1.54) is 24.3 Å². The molecule has 5 rings (SSSR count). The summed E-state index contributed by atoms with van der Waals surface area (Å²) in [5.41, 5.74) is 4.62. The SMILES string of the molecule is Fc1ccc(CNc2nc(NCc3cccnc3)c3nc(-c4ccc(F)cc4)ccc3n2)cc1. The van der Waals surface area contributed by atoms with Crippen LogP contribution in [0.2, 0.25) is 0 Å². The van der Waals surface area contributed by atoms with Crippen molar-refractivity contribution in [3.8, 4) is 11.3 Å². The summed E-state index contributed by atoms with van der Waals surface area (Å²) >= 11 is 0. The Kier molecular flexibility index (Phi) is 6.03. The lowest BCUT2D eigenvalue weighted by Gasteiger charge is -2.12. The third-order valence-corrected chi connectivity index (χ3v) is 5.23. The van der Waals surface area contributed by atoms with E-state index in [2.05, 4.69) is 25.6 Å². The van der Waals surface area contributed by atoms with Crippen LogP contribution in [-0.2, 0) is 13.1 Å². The van der Waals surface area contributed by atoms with Crippen molar-refractivity contribution in [1.29, 1.82) is 0 Å². The van der Waals surface area contributed by atoms with E-state index < -0.39 is 0 Å². The molecule has 0 atom stereocenters. The third-order valence-electron chi connectivity index (χ3n) is 5.23. The fourth-order valence-electron chi connectivity index (χ4n) is 3.47. The lowest BCUT2D eigenvalue weighted by Crippen LogP contribution is -2.09. The molecule has 0 bridgehead atoms. The number of aromatic nitrogens is 4. The maximum absolute atomic E-state index is 13.4. The number of hydrogen-bond acceptors (Lipinski definition) is 6. The Balaban J connectivity index is 1.48. The first kappa shape index (κ1) is 21.4. The summed E-state index contributed by atoms with van der Waals surface area (Å²) in [4.78, 5) is 18.2. The van der Waals surface area contributed by atoms with Crippen molar-refractivity contribution in [1.82, 2.24) is 19.9 Å². The number of fused-ring (bicyclic) bond motifs is 1. The third kappa shape index (κ3) is 4.96. The number of hydrogen-bond donors (Lipinski definition) is 2. The molecule has 0 fully saturated rings. The summed E-state index contributed by atoms with van der Waals surface area (Å²) in [6, 6.07) is 20.0. The molecule has 0 spiro atoms. The molecule has 2 aromatic carbocycles. The van der Waals surface area contributed by atoms with Crippen molar-refractivity contribution in [2.45, 2.75) is 13.1 Å². The van der Waals surface area contributed by atoms with Crippen LogP contribution >= 0.6 is 0 Å². The van der Waals surface area contributed by atoms with Gasteiger partial charge in [-0.15, -0.1) is 0 Å². The topological polar surface area (TPSA) is 75.6 Å². The molecule has 0 aliphatic heterocycles. The van der Waals surface area contributed by atoms with Gasteiger partial charge in [0.05, 0.1) is 11.2 Å². The van der Waals surface area contributed by atoms with Crippen molar-refractivity contribution in [3.63, 3.8) is 0 Å². The summed E-state index contributed by atoms with van der Waals surface area (Å²) in [5, 5.41) is 6.53. The predicted octanol–water partition coefficient (Wildman–Crippen LogP) is 5.59. The van der Waals surface area contributed by atoms with Gasteiger partial charge in [-0.05, 0) is 65.7 Å². The molecule has 3 aromatic heterocycles. The molecule has 0 amide bonds. The van der Waals surface area contributed by atoms with Gasteiger partial charge in [0.1, 0.15) is 17.2 Å². The van der Waals surface area contributed by atoms with Gasteiger partial charge in [0.2, 0.25) is 5.95 Å². The van der Waals surface area contributed by atoms with E-state index in [4.69, 9.17) is 4.98 Å². The van der Waals surface area contributed by atoms with Gasteiger partial charge in [0.25, 0.3) is 0 Å². The normalized spacial score (nSPS) is 10.9. The smallest absolute Gasteiger partial charge is 0.225 e. The van der Waals surface area contributed by atoms with E-state index in [0.29, 0.717) is 41.6 Å². The number of benzene rings is 2. The second-order valence-electron chi connectivity index (χ2n) is 7.66. The van der Waals surface area contributed by atoms with E-state index in [0.717, 1.165) is 16.7 Å². The average molecular weight is 454 g/mol. The second-order valence-corrected chi connectivity index (χ2v) is 7.66. The lowest BCUT2D eigenvalue weighted by molar-refractivity contribution is 0.627. The lowest BCUT2D eigenvalue weighted by atomic mass is 10.1. The van der Waals surface area contributed by atoms with E-state index in [1.807, 2.05) is 24.3 Å². The Hall–Kier alpha value is -4.46. The molecule has 6 nitrogen and oxygen atoms in total. The Labute approximate surface area is 194 Å². The highest BCUT2D eigenvalue weighted by Gasteiger charge is 2.12. The van der Waals surface area contributed by atoms with E-state index in [-0.39, 0.29) is 11.6 Å². The molecule has 3 heterocycles. The van der Waals surface area contributed by atoms with Crippen LogP contribution in [0.4, 0.5) is 20.5 Å². The molecule has 2 N–H and O–H groups in total. The minimum Gasteiger partial charge on any atom is -0.364 e. The number of pyridine rings is 2. The first-order valence-electron chi connectivity index (χ1n) is 10.7. The van der Waals surface area contributed by atoms with Crippen molar-refractivity contribution >= 4 is 22.8 Å². The Bertz CT molecular complexity index is 1410. The van der Waals surface area contributed by atoms with Crippen molar-refractivity contribution < 1.29 is 8.78 Å². The minimum atomic E-state index is -0.302. The van der Waals surface area contributed by atoms with Crippen LogP contribution in [0.1, 0.15) is 11.1 Å². The van der Waals surface area contributed by atoms with Gasteiger partial charge in [-0.3, -0.25) is 4.98 Å². The zero-order chi connectivity index (χ0) is 23.3. The van der Waals surface area contributed by atoms with Gasteiger partial charge in [-0.1, -0.05) is 18.2 Å². The van der Waals surface area contributed by atoms with Crippen LogP contribution in [0, 0.1) is 11.6 Å². The van der Waals surface area contributed by atoms with Crippen LogP contribution in [0.5, 0.6) is 0 Å². The summed E-state index contributed by atoms with van der Waals surface area (Å²) < 4.78 is 26.6. The molecule has 0 radical (unpaired) electrons. The highest BCUT2D eigenvalue weighted by atomic mass is 19.1. The quantitative estimate of drug-likeness (QED) is 0.334. The van der Waals surface area contributed by atoms with Gasteiger partial charge < -0.3 is 10.6 Å². The van der Waals surface area contributed by atoms with Crippen molar-refractivity contribution in [3.05, 3.63) is 108 Å². The largest absolute Gasteiger partial charge is 0.364 e. The van der Waals surface area contributed by atoms with Crippen LogP contribution in [0.3, 0.4) is 0 Å². The summed E-state index contributed by atoms with van der Waals surface area (Å²) in [6.07, 6.45) is 3.50. The zero-order valence-corrected chi connectivity index (χ0v) is 18.0. The molecule has 34 heavy (non-hydrogen) atoms. The average Bonchev–Trinajstić information content (AvgIpc) is 2.88. The van der Waals surface area contributed by atoms with Crippen LogP contribution in [-0.4, -0.2) is 19.9 Å². The van der Waals surface area contributed by atoms with Crippen LogP contribution in [0.15, 0.2) is 85.2 Å². The molecule has 0 saturated heterocycles. The summed E-state index contributed by atoms with van der Waals surface area (Å²) in [5.74, 6) is 0.389. The summed E-state index contributed by atoms with van der Waals surface area (Å²) in [6.45, 7) is 0.939. The number of nitrogens with one attached hydrogen (secondary N) is 2. The Morgan fingerprint density at radius 3 is 2.15 bits per heavy atom. The first-order valence-corrected chi connectivity index (χ1v) is 10.7. The van der Waals surface area contributed by atoms with Gasteiger partial charge in [-0.25, -0.2) is 18.7 Å². The fourth-order valence-corrected chi connectivity index (χ4v) is 3.47. The van der Waals surface area contributed by atoms with Gasteiger partial charge in [-0.2, -0.15) is 4.98 Å². The summed E-state index contributed by atoms with van der Waals surface area (Å²) in [7, 11) is 0. The van der Waals surface area contributed by atoms with E-state index >= 15 is 0 Å². The Morgan fingerprint density at radius 1 is 0.676 bits per heavy atom. The van der Waals surface area contributed by atoms with E-state index in [9.17, 15) is 8.78 Å². The molecular formula is C26H20F2N6. The minimum absolute atomic E-state index is 0.282. The monoisotopic (exact) mass is 454 g/mol. The zero-order valence-electron chi connectivity index (χ0n) is 18.0. The molecular weight excluding hydrogens is 434 g/mol. The highest BCUT2D eigenvalue weighted by molar-refractivity contribution is 5.88. The molecule has 8 heteroatoms. The standard InChI is InChI=1S/C26H20F2N6/c27-20-7-3-17(4-8-20)15-31-26-33-23-12-11-22(19-5-9-21(28)10-6-19)32-24(23)25(34-26)30-16-18-2-1-13-29-14-18/h1-14H,15-16H2,(H2,30,31,33,34). The maximum atomic E-state index is 13.4. The van der Waals surface area contributed by atoms with Crippen molar-refractivity contribution in [2.24, 2.45) is 0 Å². The molecule has 0 unspecified atom stereocenters. The first-order chi connectivity index (χ1) is 16.6. The molecule has 168 valence electrons. The molecule has 0 aliphatic rings. The highest BCUT2D eigenvalue weighted by Crippen LogP contribution is 2.26. The fraction of sp³-hybridized carbons (Fsp3) is 0.0769. The molecule has 5 aromatic rings. The van der Waals surface area contributed by atoms with E-state index in [1.54, 1.807) is 36.7 Å². The predicted molar refractivity (Wildman–Crippen MR) is 128 cm³/mol. The van der Waals surface area contributed by atoms with Gasteiger partial charge in [0.15, 0.2) is 5.82 Å². The van der Waals surface area contributed by atoms with Gasteiger partial charge >= 0.3 is 0 Å². The molecule has 0 saturated carbocycles. The second kappa shape index (κ2) is 9.58. The van der Waals surface area contributed by atoms with Crippen LogP contribution in [0.25, 0.3) is 22.3 Å². The number of anilines is 2. The maximum Gasteiger partial charge on any atom is 0.225 e. The molecule has 0 aliphatic carbocycles. The Morgan fingerprint density at radius 2 is 1.41 bits per heavy atom.